The highest BCUT2D eigenvalue weighted by atomic mass is 19.1. The van der Waals surface area contributed by atoms with Crippen molar-refractivity contribution in [2.75, 3.05) is 13.2 Å². The van der Waals surface area contributed by atoms with Gasteiger partial charge in [-0.15, -0.1) is 0 Å². The largest absolute Gasteiger partial charge is 0.486 e. The monoisotopic (exact) mass is 406 g/mol. The predicted octanol–water partition coefficient (Wildman–Crippen LogP) is 3.89. The highest BCUT2D eigenvalue weighted by Gasteiger charge is 2.18. The Kier molecular flexibility index (Phi) is 8.51. The second-order valence-electron chi connectivity index (χ2n) is 6.91. The van der Waals surface area contributed by atoms with Crippen LogP contribution in [0.2, 0.25) is 0 Å². The molecule has 2 rings (SSSR count). The van der Waals surface area contributed by atoms with E-state index in [-0.39, 0.29) is 37.4 Å². The van der Waals surface area contributed by atoms with Gasteiger partial charge < -0.3 is 24.5 Å². The van der Waals surface area contributed by atoms with Gasteiger partial charge in [-0.1, -0.05) is 13.8 Å². The van der Waals surface area contributed by atoms with Crippen LogP contribution in [0.4, 0.5) is 9.18 Å². The van der Waals surface area contributed by atoms with Crippen LogP contribution >= 0.6 is 0 Å². The minimum Gasteiger partial charge on any atom is -0.486 e. The van der Waals surface area contributed by atoms with Crippen molar-refractivity contribution in [2.24, 2.45) is 5.92 Å². The Balaban J connectivity index is 1.85. The Morgan fingerprint density at radius 1 is 1.14 bits per heavy atom. The fourth-order valence-corrected chi connectivity index (χ4v) is 2.67. The molecular formula is C21H27FN2O5. The maximum Gasteiger partial charge on any atom is 0.407 e. The van der Waals surface area contributed by atoms with Gasteiger partial charge in [0.05, 0.1) is 6.61 Å². The molecule has 0 aliphatic carbocycles. The van der Waals surface area contributed by atoms with E-state index in [0.29, 0.717) is 23.8 Å². The molecule has 1 heterocycles. The molecule has 2 aromatic rings. The van der Waals surface area contributed by atoms with Gasteiger partial charge >= 0.3 is 6.09 Å². The average Bonchev–Trinajstić information content (AvgIpc) is 3.14. The number of benzene rings is 1. The zero-order valence-electron chi connectivity index (χ0n) is 16.9. The Labute approximate surface area is 169 Å². The molecule has 0 aliphatic rings. The molecule has 2 amide bonds. The predicted molar refractivity (Wildman–Crippen MR) is 105 cm³/mol. The van der Waals surface area contributed by atoms with Gasteiger partial charge in [0.1, 0.15) is 23.9 Å². The summed E-state index contributed by atoms with van der Waals surface area (Å²) in [6.07, 6.45) is 0.180. The molecule has 1 aromatic heterocycles. The molecular weight excluding hydrogens is 379 g/mol. The zero-order chi connectivity index (χ0) is 21.2. The lowest BCUT2D eigenvalue weighted by atomic mass is 10.0. The van der Waals surface area contributed by atoms with Crippen LogP contribution in [0.3, 0.4) is 0 Å². The van der Waals surface area contributed by atoms with Crippen LogP contribution in [-0.4, -0.2) is 31.2 Å². The van der Waals surface area contributed by atoms with E-state index in [0.717, 1.165) is 0 Å². The molecule has 29 heavy (non-hydrogen) atoms. The van der Waals surface area contributed by atoms with Crippen LogP contribution in [0.25, 0.3) is 0 Å². The Morgan fingerprint density at radius 2 is 1.86 bits per heavy atom. The first-order valence-corrected chi connectivity index (χ1v) is 9.56. The first-order valence-electron chi connectivity index (χ1n) is 9.56. The van der Waals surface area contributed by atoms with Crippen molar-refractivity contribution in [3.05, 3.63) is 53.7 Å². The molecule has 1 unspecified atom stereocenters. The molecule has 0 fully saturated rings. The van der Waals surface area contributed by atoms with Crippen LogP contribution in [0, 0.1) is 11.7 Å². The normalized spacial score (nSPS) is 11.8. The van der Waals surface area contributed by atoms with Crippen LogP contribution in [0.5, 0.6) is 5.75 Å². The van der Waals surface area contributed by atoms with E-state index in [1.807, 2.05) is 13.8 Å². The third kappa shape index (κ3) is 7.85. The third-order valence-corrected chi connectivity index (χ3v) is 3.94. The number of furan rings is 1. The van der Waals surface area contributed by atoms with Gasteiger partial charge in [-0.05, 0) is 55.7 Å². The van der Waals surface area contributed by atoms with Crippen molar-refractivity contribution in [3.8, 4) is 5.75 Å². The maximum atomic E-state index is 12.9. The zero-order valence-corrected chi connectivity index (χ0v) is 16.9. The summed E-state index contributed by atoms with van der Waals surface area (Å²) in [5.74, 6) is 0.693. The van der Waals surface area contributed by atoms with Crippen molar-refractivity contribution in [2.45, 2.75) is 39.8 Å². The number of halogens is 1. The van der Waals surface area contributed by atoms with Crippen LogP contribution in [0.1, 0.15) is 43.5 Å². The van der Waals surface area contributed by atoms with E-state index in [4.69, 9.17) is 13.9 Å². The summed E-state index contributed by atoms with van der Waals surface area (Å²) in [4.78, 5) is 24.0. The van der Waals surface area contributed by atoms with E-state index >= 15 is 0 Å². The van der Waals surface area contributed by atoms with E-state index in [9.17, 15) is 14.0 Å². The molecule has 0 saturated heterocycles. The lowest BCUT2D eigenvalue weighted by molar-refractivity contribution is 0.0913. The van der Waals surface area contributed by atoms with Gasteiger partial charge in [-0.2, -0.15) is 0 Å². The summed E-state index contributed by atoms with van der Waals surface area (Å²) in [6.45, 7) is 6.43. The summed E-state index contributed by atoms with van der Waals surface area (Å²) in [5, 5.41) is 5.51. The molecule has 0 radical (unpaired) electrons. The lowest BCUT2D eigenvalue weighted by Crippen LogP contribution is -2.44. The number of carbonyl (C=O) groups is 2. The molecule has 0 aliphatic heterocycles. The molecule has 1 aromatic carbocycles. The van der Waals surface area contributed by atoms with Crippen LogP contribution < -0.4 is 15.4 Å². The maximum absolute atomic E-state index is 12.9. The minimum absolute atomic E-state index is 0.110. The average molecular weight is 406 g/mol. The molecule has 1 atom stereocenters. The molecule has 8 heteroatoms. The van der Waals surface area contributed by atoms with Gasteiger partial charge in [-0.25, -0.2) is 9.18 Å². The molecule has 158 valence electrons. The highest BCUT2D eigenvalue weighted by Crippen LogP contribution is 2.15. The number of hydrogen-bond acceptors (Lipinski definition) is 5. The topological polar surface area (TPSA) is 89.8 Å². The number of amides is 2. The molecule has 0 bridgehead atoms. The van der Waals surface area contributed by atoms with E-state index < -0.39 is 12.0 Å². The number of nitrogens with one attached hydrogen (secondary N) is 2. The summed E-state index contributed by atoms with van der Waals surface area (Å²) in [5.41, 5.74) is 0. The number of rotatable bonds is 10. The summed E-state index contributed by atoms with van der Waals surface area (Å²) in [6, 6.07) is 8.56. The summed E-state index contributed by atoms with van der Waals surface area (Å²) >= 11 is 0. The number of alkyl carbamates (subject to hydrolysis) is 1. The number of hydrogen-bond donors (Lipinski definition) is 2. The van der Waals surface area contributed by atoms with Crippen molar-refractivity contribution in [3.63, 3.8) is 0 Å². The van der Waals surface area contributed by atoms with E-state index in [1.165, 1.54) is 24.3 Å². The number of ether oxygens (including phenoxy) is 2. The fraction of sp³-hybridized carbons (Fsp3) is 0.429. The lowest BCUT2D eigenvalue weighted by Gasteiger charge is -2.20. The minimum atomic E-state index is -0.509. The van der Waals surface area contributed by atoms with E-state index in [1.54, 1.807) is 19.1 Å². The second-order valence-corrected chi connectivity index (χ2v) is 6.91. The van der Waals surface area contributed by atoms with Gasteiger partial charge in [-0.3, -0.25) is 4.79 Å². The second kappa shape index (κ2) is 11.1. The van der Waals surface area contributed by atoms with Crippen LogP contribution in [-0.2, 0) is 11.3 Å². The fourth-order valence-electron chi connectivity index (χ4n) is 2.67. The first-order chi connectivity index (χ1) is 13.9. The molecule has 7 nitrogen and oxygen atoms in total. The highest BCUT2D eigenvalue weighted by molar-refractivity contribution is 5.91. The van der Waals surface area contributed by atoms with Crippen LogP contribution in [0.15, 0.2) is 40.8 Å². The van der Waals surface area contributed by atoms with Gasteiger partial charge in [0.2, 0.25) is 0 Å². The standard InChI is InChI=1S/C21H27FN2O5/c1-4-27-21(26)24-16(11-14(2)3)12-23-20(25)19-10-9-18(29-19)13-28-17-7-5-15(22)6-8-17/h5-10,14,16H,4,11-13H2,1-3H3,(H,23,25)(H,24,26). The quantitative estimate of drug-likeness (QED) is 0.625. The van der Waals surface area contributed by atoms with Gasteiger partial charge in [0, 0.05) is 12.6 Å². The summed E-state index contributed by atoms with van der Waals surface area (Å²) < 4.78 is 28.8. The van der Waals surface area contributed by atoms with Crippen molar-refractivity contribution < 1.29 is 27.9 Å². The molecule has 0 spiro atoms. The van der Waals surface area contributed by atoms with Crippen molar-refractivity contribution >= 4 is 12.0 Å². The molecule has 2 N–H and O–H groups in total. The van der Waals surface area contributed by atoms with Gasteiger partial charge in [0.25, 0.3) is 5.91 Å². The van der Waals surface area contributed by atoms with Crippen molar-refractivity contribution in [1.29, 1.82) is 0 Å². The van der Waals surface area contributed by atoms with Gasteiger partial charge in [0.15, 0.2) is 5.76 Å². The SMILES string of the molecule is CCOC(=O)NC(CNC(=O)c1ccc(COc2ccc(F)cc2)o1)CC(C)C. The van der Waals surface area contributed by atoms with Crippen molar-refractivity contribution in [1.82, 2.24) is 10.6 Å². The number of carbonyl (C=O) groups excluding carboxylic acids is 2. The Hall–Kier alpha value is -3.03. The van der Waals surface area contributed by atoms with E-state index in [2.05, 4.69) is 10.6 Å². The smallest absolute Gasteiger partial charge is 0.407 e. The Morgan fingerprint density at radius 3 is 2.52 bits per heavy atom. The summed E-state index contributed by atoms with van der Waals surface area (Å²) in [7, 11) is 0. The Bertz CT molecular complexity index is 789. The molecule has 0 saturated carbocycles. The third-order valence-electron chi connectivity index (χ3n) is 3.94. The first kappa shape index (κ1) is 22.3.